The zero-order valence-corrected chi connectivity index (χ0v) is 15.6. The topological polar surface area (TPSA) is 102 Å². The summed E-state index contributed by atoms with van der Waals surface area (Å²) in [6, 6.07) is 14.8. The van der Waals surface area contributed by atoms with Crippen molar-refractivity contribution >= 4 is 21.6 Å². The van der Waals surface area contributed by atoms with Crippen LogP contribution in [0.1, 0.15) is 6.92 Å². The van der Waals surface area contributed by atoms with E-state index in [-0.39, 0.29) is 16.8 Å². The van der Waals surface area contributed by atoms with Crippen LogP contribution in [0.4, 0.5) is 5.69 Å². The van der Waals surface area contributed by atoms with E-state index >= 15 is 0 Å². The van der Waals surface area contributed by atoms with Gasteiger partial charge in [0.15, 0.2) is 0 Å². The van der Waals surface area contributed by atoms with Crippen LogP contribution in [0.2, 0.25) is 0 Å². The van der Waals surface area contributed by atoms with E-state index in [1.807, 2.05) is 42.3 Å². The van der Waals surface area contributed by atoms with Gasteiger partial charge in [0.1, 0.15) is 12.4 Å². The van der Waals surface area contributed by atoms with Crippen LogP contribution in [0.25, 0.3) is 0 Å². The zero-order valence-electron chi connectivity index (χ0n) is 14.8. The molecule has 0 spiro atoms. The average Bonchev–Trinajstić information content (AvgIpc) is 2.61. The first-order valence-electron chi connectivity index (χ1n) is 8.09. The molecular weight excluding hydrogens is 354 g/mol. The zero-order chi connectivity index (χ0) is 19.2. The molecule has 140 valence electrons. The second-order valence-corrected chi connectivity index (χ2v) is 7.44. The van der Waals surface area contributed by atoms with E-state index in [1.165, 1.54) is 24.3 Å². The summed E-state index contributed by atoms with van der Waals surface area (Å²) in [7, 11) is -1.91. The Labute approximate surface area is 153 Å². The molecule has 0 unspecified atom stereocenters. The van der Waals surface area contributed by atoms with Crippen molar-refractivity contribution in [1.29, 1.82) is 0 Å². The van der Waals surface area contributed by atoms with E-state index in [9.17, 15) is 13.2 Å². The third kappa shape index (κ3) is 5.83. The number of rotatable bonds is 8. The Morgan fingerprint density at radius 3 is 2.35 bits per heavy atom. The maximum atomic E-state index is 12.3. The molecule has 2 aromatic rings. The van der Waals surface area contributed by atoms with E-state index in [0.29, 0.717) is 18.8 Å². The molecule has 0 aliphatic heterocycles. The number of likely N-dealkylation sites (N-methyl/N-ethyl adjacent to an activating group) is 1. The molecule has 7 nitrogen and oxygen atoms in total. The van der Waals surface area contributed by atoms with E-state index in [0.717, 1.165) is 5.75 Å². The second kappa shape index (κ2) is 8.79. The highest BCUT2D eigenvalue weighted by Crippen LogP contribution is 2.13. The summed E-state index contributed by atoms with van der Waals surface area (Å²) in [5.41, 5.74) is 0.503. The molecule has 1 amide bonds. The number of hydrogen-bond acceptors (Lipinski definition) is 5. The number of para-hydroxylation sites is 1. The molecular formula is C18H23N3O4S. The molecule has 8 heteroatoms. The van der Waals surface area contributed by atoms with Gasteiger partial charge in [0, 0.05) is 12.2 Å². The van der Waals surface area contributed by atoms with Gasteiger partial charge in [-0.1, -0.05) is 18.2 Å². The predicted molar refractivity (Wildman–Crippen MR) is 100 cm³/mol. The second-order valence-electron chi connectivity index (χ2n) is 5.88. The van der Waals surface area contributed by atoms with Gasteiger partial charge in [-0.2, -0.15) is 0 Å². The number of nitrogens with zero attached hydrogens (tertiary/aromatic N) is 1. The van der Waals surface area contributed by atoms with Crippen molar-refractivity contribution in [3.63, 3.8) is 0 Å². The average molecular weight is 377 g/mol. The van der Waals surface area contributed by atoms with Gasteiger partial charge in [0.25, 0.3) is 0 Å². The third-order valence-electron chi connectivity index (χ3n) is 3.95. The Morgan fingerprint density at radius 1 is 1.15 bits per heavy atom. The van der Waals surface area contributed by atoms with E-state index < -0.39 is 10.0 Å². The Kier molecular flexibility index (Phi) is 6.73. The van der Waals surface area contributed by atoms with Gasteiger partial charge in [-0.3, -0.25) is 9.69 Å². The summed E-state index contributed by atoms with van der Waals surface area (Å²) >= 11 is 0. The minimum atomic E-state index is -3.75. The fourth-order valence-electron chi connectivity index (χ4n) is 2.19. The van der Waals surface area contributed by atoms with Gasteiger partial charge in [-0.05, 0) is 50.4 Å². The highest BCUT2D eigenvalue weighted by Gasteiger charge is 2.18. The highest BCUT2D eigenvalue weighted by atomic mass is 32.2. The lowest BCUT2D eigenvalue weighted by Gasteiger charge is -2.23. The lowest BCUT2D eigenvalue weighted by Crippen LogP contribution is -2.41. The summed E-state index contributed by atoms with van der Waals surface area (Å²) in [4.78, 5) is 14.2. The minimum Gasteiger partial charge on any atom is -0.492 e. The lowest BCUT2D eigenvalue weighted by atomic mass is 10.2. The van der Waals surface area contributed by atoms with Crippen LogP contribution in [0.15, 0.2) is 59.5 Å². The first-order chi connectivity index (χ1) is 12.3. The first kappa shape index (κ1) is 19.9. The molecule has 2 aromatic carbocycles. The monoisotopic (exact) mass is 377 g/mol. The summed E-state index contributed by atoms with van der Waals surface area (Å²) in [5.74, 6) is 0.587. The van der Waals surface area contributed by atoms with Gasteiger partial charge >= 0.3 is 0 Å². The van der Waals surface area contributed by atoms with Crippen molar-refractivity contribution in [2.24, 2.45) is 5.14 Å². The van der Waals surface area contributed by atoms with E-state index in [2.05, 4.69) is 5.32 Å². The number of sulfonamides is 1. The standard InChI is InChI=1S/C18H23N3O4S/c1-14(21(2)12-13-25-16-6-4-3-5-7-16)18(22)20-15-8-10-17(11-9-15)26(19,23)24/h3-11,14H,12-13H2,1-2H3,(H,20,22)(H2,19,23,24)/t14-/m0/s1. The third-order valence-corrected chi connectivity index (χ3v) is 4.88. The van der Waals surface area contributed by atoms with Crippen molar-refractivity contribution in [1.82, 2.24) is 4.90 Å². The Hall–Kier alpha value is -2.42. The van der Waals surface area contributed by atoms with Crippen LogP contribution in [0.3, 0.4) is 0 Å². The molecule has 0 fully saturated rings. The molecule has 26 heavy (non-hydrogen) atoms. The Balaban J connectivity index is 1.84. The molecule has 0 radical (unpaired) electrons. The van der Waals surface area contributed by atoms with Crippen molar-refractivity contribution < 1.29 is 17.9 Å². The lowest BCUT2D eigenvalue weighted by molar-refractivity contribution is -0.120. The number of benzene rings is 2. The summed E-state index contributed by atoms with van der Waals surface area (Å²) in [6.45, 7) is 2.82. The van der Waals surface area contributed by atoms with Gasteiger partial charge in [-0.15, -0.1) is 0 Å². The van der Waals surface area contributed by atoms with Gasteiger partial charge < -0.3 is 10.1 Å². The molecule has 0 aliphatic carbocycles. The fourth-order valence-corrected chi connectivity index (χ4v) is 2.71. The summed E-state index contributed by atoms with van der Waals surface area (Å²) in [6.07, 6.45) is 0. The number of amides is 1. The maximum absolute atomic E-state index is 12.3. The number of hydrogen-bond donors (Lipinski definition) is 2. The van der Waals surface area contributed by atoms with Crippen LogP contribution in [0.5, 0.6) is 5.75 Å². The summed E-state index contributed by atoms with van der Waals surface area (Å²) in [5, 5.41) is 7.80. The smallest absolute Gasteiger partial charge is 0.241 e. The van der Waals surface area contributed by atoms with Crippen LogP contribution in [0, 0.1) is 0 Å². The maximum Gasteiger partial charge on any atom is 0.241 e. The number of nitrogens with one attached hydrogen (secondary N) is 1. The molecule has 1 atom stereocenters. The molecule has 0 heterocycles. The van der Waals surface area contributed by atoms with Crippen molar-refractivity contribution in [2.45, 2.75) is 17.9 Å². The van der Waals surface area contributed by atoms with Crippen LogP contribution >= 0.6 is 0 Å². The normalized spacial score (nSPS) is 12.6. The Morgan fingerprint density at radius 2 is 1.77 bits per heavy atom. The number of primary sulfonamides is 1. The molecule has 2 rings (SSSR count). The number of anilines is 1. The summed E-state index contributed by atoms with van der Waals surface area (Å²) < 4.78 is 28.1. The number of carbonyl (C=O) groups is 1. The van der Waals surface area contributed by atoms with Crippen LogP contribution in [-0.4, -0.2) is 45.5 Å². The number of carbonyl (C=O) groups excluding carboxylic acids is 1. The Bertz CT molecular complexity index is 823. The molecule has 0 saturated heterocycles. The SMILES string of the molecule is C[C@@H](C(=O)Nc1ccc(S(N)(=O)=O)cc1)N(C)CCOc1ccccc1. The van der Waals surface area contributed by atoms with Gasteiger partial charge in [0.2, 0.25) is 15.9 Å². The number of ether oxygens (including phenoxy) is 1. The van der Waals surface area contributed by atoms with Gasteiger partial charge in [0.05, 0.1) is 10.9 Å². The molecule has 3 N–H and O–H groups in total. The van der Waals surface area contributed by atoms with Crippen LogP contribution in [-0.2, 0) is 14.8 Å². The van der Waals surface area contributed by atoms with Crippen molar-refractivity contribution in [3.05, 3.63) is 54.6 Å². The predicted octanol–water partition coefficient (Wildman–Crippen LogP) is 1.67. The van der Waals surface area contributed by atoms with Crippen molar-refractivity contribution in [2.75, 3.05) is 25.5 Å². The molecule has 0 aliphatic rings. The molecule has 0 bridgehead atoms. The number of nitrogens with two attached hydrogens (primary N) is 1. The van der Waals surface area contributed by atoms with Crippen molar-refractivity contribution in [3.8, 4) is 5.75 Å². The van der Waals surface area contributed by atoms with Crippen LogP contribution < -0.4 is 15.2 Å². The largest absolute Gasteiger partial charge is 0.492 e. The minimum absolute atomic E-state index is 0.00118. The van der Waals surface area contributed by atoms with E-state index in [4.69, 9.17) is 9.88 Å². The van der Waals surface area contributed by atoms with E-state index in [1.54, 1.807) is 6.92 Å². The van der Waals surface area contributed by atoms with Gasteiger partial charge in [-0.25, -0.2) is 13.6 Å². The highest BCUT2D eigenvalue weighted by molar-refractivity contribution is 7.89. The first-order valence-corrected chi connectivity index (χ1v) is 9.64. The fraction of sp³-hybridized carbons (Fsp3) is 0.278. The quantitative estimate of drug-likeness (QED) is 0.729. The molecule has 0 aromatic heterocycles. The molecule has 0 saturated carbocycles.